The highest BCUT2D eigenvalue weighted by molar-refractivity contribution is 4.82. The molecule has 0 spiro atoms. The average Bonchev–Trinajstić information content (AvgIpc) is 2.17. The van der Waals surface area contributed by atoms with Crippen LogP contribution in [0.4, 0.5) is 0 Å². The summed E-state index contributed by atoms with van der Waals surface area (Å²) in [5.74, 6) is 0.788. The Labute approximate surface area is 90.8 Å². The number of rotatable bonds is 9. The van der Waals surface area contributed by atoms with Gasteiger partial charge in [0.25, 0.3) is 0 Å². The van der Waals surface area contributed by atoms with E-state index in [-0.39, 0.29) is 0 Å². The Balaban J connectivity index is 3.05. The van der Waals surface area contributed by atoms with E-state index in [1.807, 2.05) is 0 Å². The Kier molecular flexibility index (Phi) is 10.6. The fourth-order valence-electron chi connectivity index (χ4n) is 1.85. The van der Waals surface area contributed by atoms with Crippen molar-refractivity contribution in [3.63, 3.8) is 0 Å². The molecule has 0 aliphatic heterocycles. The van der Waals surface area contributed by atoms with Crippen molar-refractivity contribution in [2.75, 3.05) is 0 Å². The van der Waals surface area contributed by atoms with Gasteiger partial charge in [0.05, 0.1) is 0 Å². The third-order valence-corrected chi connectivity index (χ3v) is 2.78. The molecule has 0 heteroatoms. The Morgan fingerprint density at radius 1 is 0.929 bits per heavy atom. The molecular weight excluding hydrogens is 168 g/mol. The van der Waals surface area contributed by atoms with Gasteiger partial charge in [-0.25, -0.2) is 0 Å². The van der Waals surface area contributed by atoms with E-state index in [9.17, 15) is 0 Å². The first-order valence-electron chi connectivity index (χ1n) is 6.44. The van der Waals surface area contributed by atoms with Gasteiger partial charge in [-0.15, -0.1) is 0 Å². The van der Waals surface area contributed by atoms with Gasteiger partial charge in [-0.2, -0.15) is 0 Å². The van der Waals surface area contributed by atoms with Gasteiger partial charge in [0, 0.05) is 0 Å². The molecule has 0 fully saturated rings. The highest BCUT2D eigenvalue weighted by Gasteiger charge is 1.96. The summed E-state index contributed by atoms with van der Waals surface area (Å²) in [4.78, 5) is 0. The first kappa shape index (κ1) is 13.7. The maximum atomic E-state index is 2.32. The zero-order chi connectivity index (χ0) is 10.6. The molecule has 0 N–H and O–H groups in total. The Bertz CT molecular complexity index is 124. The van der Waals surface area contributed by atoms with Crippen LogP contribution < -0.4 is 0 Å². The molecule has 0 rings (SSSR count). The van der Waals surface area contributed by atoms with Crippen molar-refractivity contribution in [1.82, 2.24) is 0 Å². The third kappa shape index (κ3) is 9.83. The van der Waals surface area contributed by atoms with Crippen molar-refractivity contribution in [2.45, 2.75) is 72.1 Å². The van der Waals surface area contributed by atoms with Gasteiger partial charge in [0.2, 0.25) is 0 Å². The van der Waals surface area contributed by atoms with E-state index < -0.39 is 0 Å². The second-order valence-electron chi connectivity index (χ2n) is 4.41. The molecule has 0 aromatic heterocycles. The molecular formula is C14H28. The number of hydrogen-bond acceptors (Lipinski definition) is 0. The van der Waals surface area contributed by atoms with Crippen LogP contribution in [-0.4, -0.2) is 0 Å². The Morgan fingerprint density at radius 3 is 2.07 bits per heavy atom. The quantitative estimate of drug-likeness (QED) is 0.345. The Morgan fingerprint density at radius 2 is 1.50 bits per heavy atom. The molecule has 0 amide bonds. The second kappa shape index (κ2) is 10.8. The van der Waals surface area contributed by atoms with E-state index in [1.54, 1.807) is 0 Å². The summed E-state index contributed by atoms with van der Waals surface area (Å²) in [6.45, 7) is 6.71. The number of allylic oxidation sites excluding steroid dienone is 2. The van der Waals surface area contributed by atoms with E-state index in [4.69, 9.17) is 0 Å². The fourth-order valence-corrected chi connectivity index (χ4v) is 1.85. The minimum atomic E-state index is 0.788. The van der Waals surface area contributed by atoms with Crippen LogP contribution in [-0.2, 0) is 0 Å². The summed E-state index contributed by atoms with van der Waals surface area (Å²) < 4.78 is 0. The molecule has 84 valence electrons. The predicted molar refractivity (Wildman–Crippen MR) is 66.6 cm³/mol. The van der Waals surface area contributed by atoms with Crippen LogP contribution in [0.2, 0.25) is 0 Å². The molecule has 0 nitrogen and oxygen atoms in total. The second-order valence-corrected chi connectivity index (χ2v) is 4.41. The summed E-state index contributed by atoms with van der Waals surface area (Å²) in [6, 6.07) is 0. The summed E-state index contributed by atoms with van der Waals surface area (Å²) in [5.41, 5.74) is 0. The van der Waals surface area contributed by atoms with Gasteiger partial charge in [-0.1, -0.05) is 70.9 Å². The van der Waals surface area contributed by atoms with Gasteiger partial charge in [-0.05, 0) is 19.3 Å². The van der Waals surface area contributed by atoms with Crippen LogP contribution in [0.3, 0.4) is 0 Å². The topological polar surface area (TPSA) is 0 Å². The molecule has 0 saturated heterocycles. The van der Waals surface area contributed by atoms with E-state index in [1.165, 1.54) is 51.4 Å². The summed E-state index contributed by atoms with van der Waals surface area (Å²) in [7, 11) is 0. The van der Waals surface area contributed by atoms with Crippen LogP contribution in [0, 0.1) is 5.92 Å². The van der Waals surface area contributed by atoms with Crippen molar-refractivity contribution >= 4 is 0 Å². The summed E-state index contributed by atoms with van der Waals surface area (Å²) >= 11 is 0. The van der Waals surface area contributed by atoms with Crippen molar-refractivity contribution in [1.29, 1.82) is 0 Å². The maximum absolute atomic E-state index is 2.32. The standard InChI is InChI=1S/C14H28/c1-4-6-7-8-9-10-11-13-14(3)12-5-2/h5,12,14H,4,6-11,13H2,1-3H3/b12-5+. The zero-order valence-corrected chi connectivity index (χ0v) is 10.4. The summed E-state index contributed by atoms with van der Waals surface area (Å²) in [5, 5.41) is 0. The lowest BCUT2D eigenvalue weighted by molar-refractivity contribution is 0.537. The van der Waals surface area contributed by atoms with Crippen molar-refractivity contribution in [3.05, 3.63) is 12.2 Å². The van der Waals surface area contributed by atoms with Gasteiger partial charge in [0.15, 0.2) is 0 Å². The molecule has 0 saturated carbocycles. The highest BCUT2D eigenvalue weighted by Crippen LogP contribution is 2.13. The van der Waals surface area contributed by atoms with E-state index in [0.29, 0.717) is 0 Å². The normalized spacial score (nSPS) is 13.6. The largest absolute Gasteiger partial charge is 0.0914 e. The third-order valence-electron chi connectivity index (χ3n) is 2.78. The minimum absolute atomic E-state index is 0.788. The molecule has 0 radical (unpaired) electrons. The van der Waals surface area contributed by atoms with Crippen LogP contribution in [0.5, 0.6) is 0 Å². The van der Waals surface area contributed by atoms with Crippen LogP contribution in [0.25, 0.3) is 0 Å². The van der Waals surface area contributed by atoms with Crippen molar-refractivity contribution in [2.24, 2.45) is 5.92 Å². The number of hydrogen-bond donors (Lipinski definition) is 0. The molecule has 0 aliphatic rings. The molecule has 0 aromatic carbocycles. The Hall–Kier alpha value is -0.260. The number of unbranched alkanes of at least 4 members (excludes halogenated alkanes) is 6. The van der Waals surface area contributed by atoms with E-state index >= 15 is 0 Å². The molecule has 0 aromatic rings. The molecule has 14 heavy (non-hydrogen) atoms. The lowest BCUT2D eigenvalue weighted by Gasteiger charge is -2.05. The average molecular weight is 196 g/mol. The summed E-state index contributed by atoms with van der Waals surface area (Å²) in [6.07, 6.45) is 15.8. The first-order valence-corrected chi connectivity index (χ1v) is 6.44. The fraction of sp³-hybridized carbons (Fsp3) is 0.857. The van der Waals surface area contributed by atoms with Crippen LogP contribution in [0.1, 0.15) is 72.1 Å². The molecule has 0 bridgehead atoms. The van der Waals surface area contributed by atoms with Gasteiger partial charge in [-0.3, -0.25) is 0 Å². The van der Waals surface area contributed by atoms with Crippen LogP contribution in [0.15, 0.2) is 12.2 Å². The predicted octanol–water partition coefficient (Wildman–Crippen LogP) is 5.34. The van der Waals surface area contributed by atoms with E-state index in [2.05, 4.69) is 32.9 Å². The zero-order valence-electron chi connectivity index (χ0n) is 10.4. The van der Waals surface area contributed by atoms with Crippen molar-refractivity contribution in [3.8, 4) is 0 Å². The SMILES string of the molecule is C/C=C/C(C)CCCCCCCCC. The van der Waals surface area contributed by atoms with Crippen molar-refractivity contribution < 1.29 is 0 Å². The smallest absolute Gasteiger partial charge is 0.0262 e. The van der Waals surface area contributed by atoms with E-state index in [0.717, 1.165) is 5.92 Å². The molecule has 1 unspecified atom stereocenters. The van der Waals surface area contributed by atoms with Gasteiger partial charge < -0.3 is 0 Å². The molecule has 0 aliphatic carbocycles. The first-order chi connectivity index (χ1) is 6.81. The maximum Gasteiger partial charge on any atom is -0.0262 e. The minimum Gasteiger partial charge on any atom is -0.0914 e. The molecule has 1 atom stereocenters. The van der Waals surface area contributed by atoms with Crippen LogP contribution >= 0.6 is 0 Å². The van der Waals surface area contributed by atoms with Gasteiger partial charge in [0.1, 0.15) is 0 Å². The highest BCUT2D eigenvalue weighted by atomic mass is 14.0. The molecule has 0 heterocycles. The lowest BCUT2D eigenvalue weighted by Crippen LogP contribution is -1.89. The monoisotopic (exact) mass is 196 g/mol. The van der Waals surface area contributed by atoms with Gasteiger partial charge >= 0.3 is 0 Å². The lowest BCUT2D eigenvalue weighted by atomic mass is 10.0.